The van der Waals surface area contributed by atoms with Crippen LogP contribution in [0.3, 0.4) is 0 Å². The van der Waals surface area contributed by atoms with Gasteiger partial charge in [0.15, 0.2) is 0 Å². The van der Waals surface area contributed by atoms with Crippen LogP contribution in [0, 0.1) is 0 Å². The number of nitrogens with zero attached hydrogens (tertiary/aromatic N) is 2. The molecule has 0 aliphatic carbocycles. The minimum absolute atomic E-state index is 0.196. The first kappa shape index (κ1) is 55.8. The number of methoxy groups -OCH3 is 2. The number of hydrogen-bond donors (Lipinski definition) is 1. The summed E-state index contributed by atoms with van der Waals surface area (Å²) in [6, 6.07) is 14.0. The molecule has 0 radical (unpaired) electrons. The maximum Gasteiger partial charge on any atom is 0.253 e. The predicted octanol–water partition coefficient (Wildman–Crippen LogP) is 15.7. The van der Waals surface area contributed by atoms with Gasteiger partial charge in [0.05, 0.1) is 14.2 Å². The number of carbonyl (C=O) groups is 2. The molecule has 2 atom stereocenters. The van der Waals surface area contributed by atoms with Gasteiger partial charge in [0, 0.05) is 26.9 Å². The largest absolute Gasteiger partial charge is 0.497 e. The van der Waals surface area contributed by atoms with Crippen molar-refractivity contribution >= 4 is 19.2 Å². The standard InChI is InChI=1S/C54H89N2O6P/c1-7-9-11-13-15-17-19-21-23-25-27-29-31-33-35-37-51(57)55(3)53(47-39-43-49(61-5)44-40-47)63(59,60)54(48-41-45-50(62-6)46-42-48)56(4)52(58)38-36-34-32-30-28-26-24-22-20-18-16-14-12-10-8-2/h21-24,39-46,53-54H,7-20,25-38H2,1-6H3,(H,59,60)/b23-21-,24-22-. The topological polar surface area (TPSA) is 96.4 Å². The van der Waals surface area contributed by atoms with Crippen LogP contribution in [0.2, 0.25) is 0 Å². The first-order valence-electron chi connectivity index (χ1n) is 25.0. The summed E-state index contributed by atoms with van der Waals surface area (Å²) in [4.78, 5) is 43.3. The van der Waals surface area contributed by atoms with Gasteiger partial charge >= 0.3 is 0 Å². The van der Waals surface area contributed by atoms with E-state index in [-0.39, 0.29) is 24.7 Å². The molecule has 0 aliphatic rings. The lowest BCUT2D eigenvalue weighted by atomic mass is 10.1. The number of unbranched alkanes of at least 4 members (excludes halogenated alkanes) is 22. The third-order valence-corrected chi connectivity index (χ3v) is 15.0. The molecule has 0 aliphatic heterocycles. The lowest BCUT2D eigenvalue weighted by Gasteiger charge is -2.39. The fourth-order valence-electron chi connectivity index (χ4n) is 8.38. The van der Waals surface area contributed by atoms with E-state index < -0.39 is 18.9 Å². The van der Waals surface area contributed by atoms with Crippen LogP contribution < -0.4 is 9.47 Å². The maximum atomic E-state index is 15.3. The minimum Gasteiger partial charge on any atom is -0.497 e. The first-order chi connectivity index (χ1) is 30.6. The highest BCUT2D eigenvalue weighted by molar-refractivity contribution is 7.58. The van der Waals surface area contributed by atoms with E-state index in [2.05, 4.69) is 38.2 Å². The van der Waals surface area contributed by atoms with E-state index in [1.54, 1.807) is 76.8 Å². The van der Waals surface area contributed by atoms with E-state index in [0.29, 0.717) is 35.5 Å². The second-order valence-corrected chi connectivity index (χ2v) is 20.0. The van der Waals surface area contributed by atoms with Gasteiger partial charge in [-0.1, -0.05) is 165 Å². The van der Waals surface area contributed by atoms with Crippen molar-refractivity contribution in [2.45, 2.75) is 205 Å². The zero-order chi connectivity index (χ0) is 46.0. The Balaban J connectivity index is 2.04. The molecule has 2 aromatic carbocycles. The molecule has 356 valence electrons. The quantitative estimate of drug-likeness (QED) is 0.0410. The fourth-order valence-corrected chi connectivity index (χ4v) is 11.1. The number of allylic oxidation sites excluding steroid dienone is 4. The van der Waals surface area contributed by atoms with E-state index in [4.69, 9.17) is 9.47 Å². The highest BCUT2D eigenvalue weighted by atomic mass is 31.2. The second kappa shape index (κ2) is 35.0. The Morgan fingerprint density at radius 2 is 0.762 bits per heavy atom. The summed E-state index contributed by atoms with van der Waals surface area (Å²) >= 11 is 0. The summed E-state index contributed by atoms with van der Waals surface area (Å²) in [6.45, 7) is 4.51. The van der Waals surface area contributed by atoms with Gasteiger partial charge in [0.1, 0.15) is 23.1 Å². The van der Waals surface area contributed by atoms with E-state index >= 15 is 4.57 Å². The van der Waals surface area contributed by atoms with Crippen LogP contribution in [0.15, 0.2) is 72.8 Å². The van der Waals surface area contributed by atoms with Crippen LogP contribution in [0.1, 0.15) is 216 Å². The Hall–Kier alpha value is -3.35. The zero-order valence-electron chi connectivity index (χ0n) is 40.7. The van der Waals surface area contributed by atoms with E-state index in [9.17, 15) is 14.5 Å². The Labute approximate surface area is 385 Å². The molecule has 2 unspecified atom stereocenters. The number of amides is 2. The lowest BCUT2D eigenvalue weighted by molar-refractivity contribution is -0.131. The van der Waals surface area contributed by atoms with Crippen molar-refractivity contribution in [1.82, 2.24) is 9.80 Å². The molecule has 2 aromatic rings. The summed E-state index contributed by atoms with van der Waals surface area (Å²) in [5.74, 6) is -1.57. The SMILES string of the molecule is CCCCCCCC/C=C\CCCCCCCC(=O)N(C)C(c1ccc(OC)cc1)P(=O)(O)C(c1ccc(OC)cc1)N(C)C(=O)CCCCCCC/C=C\CCCCCCCC. The van der Waals surface area contributed by atoms with Gasteiger partial charge in [-0.25, -0.2) is 0 Å². The number of hydrogen-bond acceptors (Lipinski definition) is 5. The van der Waals surface area contributed by atoms with Gasteiger partial charge in [-0.3, -0.25) is 14.2 Å². The molecule has 8 nitrogen and oxygen atoms in total. The average molecular weight is 893 g/mol. The maximum absolute atomic E-state index is 15.3. The molecule has 2 amide bonds. The molecule has 0 saturated carbocycles. The van der Waals surface area contributed by atoms with Crippen molar-refractivity contribution in [3.8, 4) is 11.5 Å². The molecule has 0 saturated heterocycles. The highest BCUT2D eigenvalue weighted by Gasteiger charge is 2.47. The molecule has 0 spiro atoms. The van der Waals surface area contributed by atoms with Crippen LogP contribution in [-0.2, 0) is 14.2 Å². The van der Waals surface area contributed by atoms with Crippen LogP contribution in [-0.4, -0.2) is 54.8 Å². The molecule has 0 heterocycles. The molecular formula is C54H89N2O6P. The van der Waals surface area contributed by atoms with Gasteiger partial charge in [0.25, 0.3) is 7.37 Å². The molecule has 0 bridgehead atoms. The summed E-state index contributed by atoms with van der Waals surface area (Å²) in [7, 11) is 1.93. The normalized spacial score (nSPS) is 13.6. The summed E-state index contributed by atoms with van der Waals surface area (Å²) in [5, 5.41) is 0. The molecule has 0 aromatic heterocycles. The van der Waals surface area contributed by atoms with Crippen LogP contribution in [0.25, 0.3) is 0 Å². The molecule has 63 heavy (non-hydrogen) atoms. The Morgan fingerprint density at radius 1 is 0.492 bits per heavy atom. The van der Waals surface area contributed by atoms with Crippen molar-refractivity contribution < 1.29 is 28.5 Å². The number of rotatable bonds is 38. The van der Waals surface area contributed by atoms with Gasteiger partial charge in [-0.05, 0) is 99.6 Å². The van der Waals surface area contributed by atoms with E-state index in [0.717, 1.165) is 64.2 Å². The van der Waals surface area contributed by atoms with E-state index in [1.165, 1.54) is 99.7 Å². The number of benzene rings is 2. The van der Waals surface area contributed by atoms with Crippen molar-refractivity contribution in [2.75, 3.05) is 28.3 Å². The molecule has 9 heteroatoms. The molecule has 1 N–H and O–H groups in total. The fraction of sp³-hybridized carbons (Fsp3) is 0.667. The molecular weight excluding hydrogens is 804 g/mol. The first-order valence-corrected chi connectivity index (χ1v) is 26.8. The highest BCUT2D eigenvalue weighted by Crippen LogP contribution is 2.67. The van der Waals surface area contributed by atoms with Gasteiger partial charge in [-0.15, -0.1) is 0 Å². The average Bonchev–Trinajstić information content (AvgIpc) is 3.29. The van der Waals surface area contributed by atoms with Crippen LogP contribution >= 0.6 is 7.37 Å². The minimum atomic E-state index is -4.46. The number of ether oxygens (including phenoxy) is 2. The Bertz CT molecular complexity index is 1460. The molecule has 0 fully saturated rings. The molecule has 2 rings (SSSR count). The van der Waals surface area contributed by atoms with Crippen molar-refractivity contribution in [3.63, 3.8) is 0 Å². The summed E-state index contributed by atoms with van der Waals surface area (Å²) in [5.41, 5.74) is 1.03. The van der Waals surface area contributed by atoms with Crippen LogP contribution in [0.4, 0.5) is 0 Å². The lowest BCUT2D eigenvalue weighted by Crippen LogP contribution is -2.37. The van der Waals surface area contributed by atoms with Crippen LogP contribution in [0.5, 0.6) is 11.5 Å². The van der Waals surface area contributed by atoms with Gasteiger partial charge in [0.2, 0.25) is 11.8 Å². The smallest absolute Gasteiger partial charge is 0.253 e. The van der Waals surface area contributed by atoms with Gasteiger partial charge < -0.3 is 24.2 Å². The number of carbonyl (C=O) groups excluding carboxylic acids is 2. The van der Waals surface area contributed by atoms with Crippen molar-refractivity contribution in [2.24, 2.45) is 0 Å². The third-order valence-electron chi connectivity index (χ3n) is 12.4. The van der Waals surface area contributed by atoms with Crippen molar-refractivity contribution in [1.29, 1.82) is 0 Å². The monoisotopic (exact) mass is 893 g/mol. The van der Waals surface area contributed by atoms with Gasteiger partial charge in [-0.2, -0.15) is 0 Å². The Morgan fingerprint density at radius 3 is 1.05 bits per heavy atom. The zero-order valence-corrected chi connectivity index (χ0v) is 41.6. The second-order valence-electron chi connectivity index (χ2n) is 17.6. The summed E-state index contributed by atoms with van der Waals surface area (Å²) in [6.07, 6.45) is 40.2. The van der Waals surface area contributed by atoms with Crippen molar-refractivity contribution in [3.05, 3.63) is 84.0 Å². The predicted molar refractivity (Wildman–Crippen MR) is 266 cm³/mol. The third kappa shape index (κ3) is 22.9. The van der Waals surface area contributed by atoms with E-state index in [1.807, 2.05) is 0 Å². The Kier molecular flexibility index (Phi) is 31.0. The summed E-state index contributed by atoms with van der Waals surface area (Å²) < 4.78 is 26.2.